The summed E-state index contributed by atoms with van der Waals surface area (Å²) in [6.45, 7) is -0.378. The first-order valence-corrected chi connectivity index (χ1v) is 6.03. The summed E-state index contributed by atoms with van der Waals surface area (Å²) >= 11 is 0. The molecule has 3 aromatic rings. The number of rotatable bonds is 4. The first-order valence-electron chi connectivity index (χ1n) is 6.03. The van der Waals surface area contributed by atoms with Gasteiger partial charge in [-0.15, -0.1) is 0 Å². The number of hydrogen-bond acceptors (Lipinski definition) is 4. The molecule has 0 saturated heterocycles. The molecule has 1 aromatic heterocycles. The normalized spacial score (nSPS) is 10.6. The van der Waals surface area contributed by atoms with E-state index in [1.165, 1.54) is 0 Å². The van der Waals surface area contributed by atoms with Crippen molar-refractivity contribution in [2.24, 2.45) is 0 Å². The van der Waals surface area contributed by atoms with Gasteiger partial charge in [-0.2, -0.15) is 0 Å². The third kappa shape index (κ3) is 2.47. The van der Waals surface area contributed by atoms with Crippen LogP contribution in [0.3, 0.4) is 0 Å². The molecule has 0 atom stereocenters. The van der Waals surface area contributed by atoms with Crippen LogP contribution in [0.1, 0.15) is 0 Å². The minimum atomic E-state index is -1.02. The van der Waals surface area contributed by atoms with Gasteiger partial charge in [0.1, 0.15) is 11.3 Å². The largest absolute Gasteiger partial charge is 0.482 e. The Bertz CT molecular complexity index is 730. The van der Waals surface area contributed by atoms with Crippen LogP contribution in [0, 0.1) is 0 Å². The lowest BCUT2D eigenvalue weighted by Crippen LogP contribution is -2.09. The van der Waals surface area contributed by atoms with Crippen LogP contribution in [-0.2, 0) is 4.79 Å². The lowest BCUT2D eigenvalue weighted by Gasteiger charge is -2.03. The summed E-state index contributed by atoms with van der Waals surface area (Å²) in [4.78, 5) is 14.9. The fraction of sp³-hybridized carbons (Fsp3) is 0.0667. The Morgan fingerprint density at radius 1 is 1.20 bits per heavy atom. The van der Waals surface area contributed by atoms with E-state index < -0.39 is 5.97 Å². The fourth-order valence-corrected chi connectivity index (χ4v) is 1.86. The molecular weight excluding hydrogens is 258 g/mol. The van der Waals surface area contributed by atoms with Crippen molar-refractivity contribution in [2.75, 3.05) is 6.61 Å². The summed E-state index contributed by atoms with van der Waals surface area (Å²) in [5, 5.41) is 8.60. The monoisotopic (exact) mass is 269 g/mol. The van der Waals surface area contributed by atoms with Gasteiger partial charge in [-0.25, -0.2) is 9.78 Å². The number of aromatic nitrogens is 1. The molecule has 0 fully saturated rings. The lowest BCUT2D eigenvalue weighted by atomic mass is 10.2. The maximum absolute atomic E-state index is 10.5. The van der Waals surface area contributed by atoms with E-state index in [9.17, 15) is 4.79 Å². The molecule has 1 N–H and O–H groups in total. The van der Waals surface area contributed by atoms with E-state index in [0.717, 1.165) is 11.1 Å². The molecule has 0 saturated carbocycles. The molecule has 100 valence electrons. The van der Waals surface area contributed by atoms with Gasteiger partial charge in [0, 0.05) is 5.56 Å². The maximum atomic E-state index is 10.5. The Labute approximate surface area is 114 Å². The van der Waals surface area contributed by atoms with Crippen LogP contribution in [0.15, 0.2) is 52.9 Å². The van der Waals surface area contributed by atoms with Crippen LogP contribution < -0.4 is 4.74 Å². The van der Waals surface area contributed by atoms with E-state index in [1.54, 1.807) is 18.2 Å². The van der Waals surface area contributed by atoms with E-state index in [-0.39, 0.29) is 6.61 Å². The third-order valence-corrected chi connectivity index (χ3v) is 2.74. The zero-order valence-electron chi connectivity index (χ0n) is 10.4. The van der Waals surface area contributed by atoms with Crippen molar-refractivity contribution < 1.29 is 19.1 Å². The van der Waals surface area contributed by atoms with Crippen molar-refractivity contribution in [3.63, 3.8) is 0 Å². The van der Waals surface area contributed by atoms with Crippen molar-refractivity contribution in [1.29, 1.82) is 0 Å². The second kappa shape index (κ2) is 5.05. The molecule has 0 amide bonds. The number of para-hydroxylation sites is 2. The lowest BCUT2D eigenvalue weighted by molar-refractivity contribution is -0.139. The summed E-state index contributed by atoms with van der Waals surface area (Å²) in [5.74, 6) is -0.0728. The van der Waals surface area contributed by atoms with Crippen LogP contribution in [0.25, 0.3) is 22.6 Å². The molecular formula is C15H11NO4. The molecule has 0 unspecified atom stereocenters. The quantitative estimate of drug-likeness (QED) is 0.788. The molecule has 0 aliphatic rings. The third-order valence-electron chi connectivity index (χ3n) is 2.74. The predicted octanol–water partition coefficient (Wildman–Crippen LogP) is 2.96. The molecule has 2 aromatic carbocycles. The van der Waals surface area contributed by atoms with Gasteiger partial charge >= 0.3 is 5.97 Å². The minimum Gasteiger partial charge on any atom is -0.482 e. The average Bonchev–Trinajstić information content (AvgIpc) is 2.89. The van der Waals surface area contributed by atoms with Gasteiger partial charge in [0.05, 0.1) is 0 Å². The second-order valence-electron chi connectivity index (χ2n) is 4.20. The smallest absolute Gasteiger partial charge is 0.341 e. The second-order valence-corrected chi connectivity index (χ2v) is 4.20. The number of carbonyl (C=O) groups is 1. The fourth-order valence-electron chi connectivity index (χ4n) is 1.86. The number of aliphatic carboxylic acids is 1. The molecule has 0 spiro atoms. The Kier molecular flexibility index (Phi) is 3.09. The van der Waals surface area contributed by atoms with Crippen molar-refractivity contribution in [2.45, 2.75) is 0 Å². The summed E-state index contributed by atoms with van der Waals surface area (Å²) in [6.07, 6.45) is 0. The number of carboxylic acid groups (broad SMARTS) is 1. The topological polar surface area (TPSA) is 72.6 Å². The van der Waals surface area contributed by atoms with E-state index in [1.807, 2.05) is 30.3 Å². The average molecular weight is 269 g/mol. The highest BCUT2D eigenvalue weighted by Crippen LogP contribution is 2.26. The molecule has 5 heteroatoms. The number of hydrogen-bond donors (Lipinski definition) is 1. The molecule has 0 radical (unpaired) electrons. The van der Waals surface area contributed by atoms with Gasteiger partial charge in [0.15, 0.2) is 12.2 Å². The summed E-state index contributed by atoms with van der Waals surface area (Å²) in [6, 6.07) is 14.5. The van der Waals surface area contributed by atoms with E-state index >= 15 is 0 Å². The number of ether oxygens (including phenoxy) is 1. The molecule has 0 bridgehead atoms. The van der Waals surface area contributed by atoms with Crippen LogP contribution >= 0.6 is 0 Å². The van der Waals surface area contributed by atoms with Crippen molar-refractivity contribution in [1.82, 2.24) is 4.98 Å². The molecule has 20 heavy (non-hydrogen) atoms. The van der Waals surface area contributed by atoms with Crippen molar-refractivity contribution >= 4 is 17.1 Å². The first kappa shape index (κ1) is 12.2. The molecule has 0 aliphatic carbocycles. The molecule has 0 aliphatic heterocycles. The Morgan fingerprint density at radius 3 is 2.85 bits per heavy atom. The Hall–Kier alpha value is -2.82. The molecule has 5 nitrogen and oxygen atoms in total. The van der Waals surface area contributed by atoms with Crippen molar-refractivity contribution in [3.05, 3.63) is 48.5 Å². The number of carboxylic acids is 1. The summed E-state index contributed by atoms with van der Waals surface area (Å²) in [7, 11) is 0. The minimum absolute atomic E-state index is 0.378. The standard InChI is InChI=1S/C15H11NO4/c17-14(18)9-19-11-5-3-4-10(8-11)15-16-12-6-1-2-7-13(12)20-15/h1-8H,9H2,(H,17,18). The predicted molar refractivity (Wildman–Crippen MR) is 72.6 cm³/mol. The number of fused-ring (bicyclic) bond motifs is 1. The van der Waals surface area contributed by atoms with Gasteiger partial charge in [0.25, 0.3) is 0 Å². The number of nitrogens with zero attached hydrogens (tertiary/aromatic N) is 1. The van der Waals surface area contributed by atoms with Gasteiger partial charge in [0.2, 0.25) is 5.89 Å². The van der Waals surface area contributed by atoms with Crippen LogP contribution in [0.4, 0.5) is 0 Å². The van der Waals surface area contributed by atoms with Gasteiger partial charge in [-0.05, 0) is 30.3 Å². The van der Waals surface area contributed by atoms with E-state index in [4.69, 9.17) is 14.3 Å². The van der Waals surface area contributed by atoms with Gasteiger partial charge in [-0.1, -0.05) is 18.2 Å². The van der Waals surface area contributed by atoms with Crippen LogP contribution in [0.5, 0.6) is 5.75 Å². The highest BCUT2D eigenvalue weighted by atomic mass is 16.5. The molecule has 3 rings (SSSR count). The molecule has 1 heterocycles. The van der Waals surface area contributed by atoms with Crippen molar-refractivity contribution in [3.8, 4) is 17.2 Å². The summed E-state index contributed by atoms with van der Waals surface area (Å²) in [5.41, 5.74) is 2.22. The van der Waals surface area contributed by atoms with Gasteiger partial charge in [-0.3, -0.25) is 0 Å². The van der Waals surface area contributed by atoms with Gasteiger partial charge < -0.3 is 14.3 Å². The Balaban J connectivity index is 1.93. The zero-order chi connectivity index (χ0) is 13.9. The maximum Gasteiger partial charge on any atom is 0.341 e. The Morgan fingerprint density at radius 2 is 2.05 bits per heavy atom. The number of benzene rings is 2. The highest BCUT2D eigenvalue weighted by Gasteiger charge is 2.09. The van der Waals surface area contributed by atoms with E-state index in [2.05, 4.69) is 4.98 Å². The van der Waals surface area contributed by atoms with Crippen LogP contribution in [0.2, 0.25) is 0 Å². The highest BCUT2D eigenvalue weighted by molar-refractivity contribution is 5.76. The summed E-state index contributed by atoms with van der Waals surface area (Å²) < 4.78 is 10.8. The van der Waals surface area contributed by atoms with Crippen LogP contribution in [-0.4, -0.2) is 22.7 Å². The number of oxazole rings is 1. The zero-order valence-corrected chi connectivity index (χ0v) is 10.4. The first-order chi connectivity index (χ1) is 9.72. The SMILES string of the molecule is O=C(O)COc1cccc(-c2nc3ccccc3o2)c1. The van der Waals surface area contributed by atoms with E-state index in [0.29, 0.717) is 17.2 Å².